The molecule has 0 aliphatic heterocycles. The molecule has 3 rings (SSSR count). The van der Waals surface area contributed by atoms with E-state index in [1.807, 2.05) is 18.2 Å². The van der Waals surface area contributed by atoms with Gasteiger partial charge in [0.15, 0.2) is 0 Å². The van der Waals surface area contributed by atoms with Gasteiger partial charge < -0.3 is 0 Å². The fraction of sp³-hybridized carbons (Fsp3) is 0.118. The standard InChI is InChI=1S/C17H16IN3/c18-14-6-3-5-13(10-14)17(21-19)11-15-9-8-12-4-1-2-7-16(12)20-15/h1-10,17,21H,11,19H2. The Kier molecular flexibility index (Phi) is 4.48. The number of nitrogens with one attached hydrogen (secondary N) is 1. The van der Waals surface area contributed by atoms with Crippen molar-refractivity contribution in [1.29, 1.82) is 0 Å². The minimum absolute atomic E-state index is 0.0633. The normalized spacial score (nSPS) is 12.5. The van der Waals surface area contributed by atoms with Crippen molar-refractivity contribution < 1.29 is 0 Å². The van der Waals surface area contributed by atoms with Gasteiger partial charge in [0.2, 0.25) is 0 Å². The van der Waals surface area contributed by atoms with Gasteiger partial charge in [0.1, 0.15) is 0 Å². The second-order valence-corrected chi connectivity index (χ2v) is 6.22. The first-order valence-corrected chi connectivity index (χ1v) is 7.90. The van der Waals surface area contributed by atoms with E-state index in [-0.39, 0.29) is 6.04 Å². The lowest BCUT2D eigenvalue weighted by Crippen LogP contribution is -2.29. The van der Waals surface area contributed by atoms with Crippen molar-refractivity contribution in [3.8, 4) is 0 Å². The molecule has 0 aliphatic carbocycles. The maximum absolute atomic E-state index is 5.74. The zero-order valence-electron chi connectivity index (χ0n) is 11.5. The number of para-hydroxylation sites is 1. The van der Waals surface area contributed by atoms with Crippen LogP contribution in [-0.4, -0.2) is 4.98 Å². The van der Waals surface area contributed by atoms with Gasteiger partial charge in [0.05, 0.1) is 11.6 Å². The van der Waals surface area contributed by atoms with Gasteiger partial charge in [0.25, 0.3) is 0 Å². The summed E-state index contributed by atoms with van der Waals surface area (Å²) in [5.41, 5.74) is 6.14. The van der Waals surface area contributed by atoms with E-state index in [9.17, 15) is 0 Å². The number of benzene rings is 2. The van der Waals surface area contributed by atoms with E-state index in [0.717, 1.165) is 23.0 Å². The second-order valence-electron chi connectivity index (χ2n) is 4.97. The monoisotopic (exact) mass is 389 g/mol. The lowest BCUT2D eigenvalue weighted by Gasteiger charge is -2.16. The summed E-state index contributed by atoms with van der Waals surface area (Å²) in [4.78, 5) is 4.71. The molecular weight excluding hydrogens is 373 g/mol. The van der Waals surface area contributed by atoms with Crippen molar-refractivity contribution in [2.45, 2.75) is 12.5 Å². The summed E-state index contributed by atoms with van der Waals surface area (Å²) in [5.74, 6) is 5.74. The van der Waals surface area contributed by atoms with Crippen LogP contribution < -0.4 is 11.3 Å². The Labute approximate surface area is 137 Å². The number of fused-ring (bicyclic) bond motifs is 1. The number of nitrogens with zero attached hydrogens (tertiary/aromatic N) is 1. The zero-order valence-corrected chi connectivity index (χ0v) is 13.6. The highest BCUT2D eigenvalue weighted by Gasteiger charge is 2.12. The van der Waals surface area contributed by atoms with Gasteiger partial charge in [-0.05, 0) is 52.4 Å². The van der Waals surface area contributed by atoms with Crippen LogP contribution in [0.15, 0.2) is 60.7 Å². The Balaban J connectivity index is 1.88. The highest BCUT2D eigenvalue weighted by molar-refractivity contribution is 14.1. The van der Waals surface area contributed by atoms with Crippen LogP contribution in [0, 0.1) is 3.57 Å². The van der Waals surface area contributed by atoms with E-state index in [0.29, 0.717) is 0 Å². The molecule has 0 amide bonds. The van der Waals surface area contributed by atoms with Crippen LogP contribution in [0.5, 0.6) is 0 Å². The number of halogens is 1. The zero-order chi connectivity index (χ0) is 14.7. The molecule has 0 saturated carbocycles. The molecule has 0 bridgehead atoms. The van der Waals surface area contributed by atoms with Gasteiger partial charge in [0, 0.05) is 21.1 Å². The Morgan fingerprint density at radius 1 is 1.05 bits per heavy atom. The first-order chi connectivity index (χ1) is 10.3. The smallest absolute Gasteiger partial charge is 0.0705 e. The largest absolute Gasteiger partial charge is 0.271 e. The summed E-state index contributed by atoms with van der Waals surface area (Å²) in [7, 11) is 0. The van der Waals surface area contributed by atoms with E-state index in [1.165, 1.54) is 9.13 Å². The molecule has 106 valence electrons. The van der Waals surface area contributed by atoms with Crippen LogP contribution in [0.25, 0.3) is 10.9 Å². The maximum Gasteiger partial charge on any atom is 0.0705 e. The predicted molar refractivity (Wildman–Crippen MR) is 94.7 cm³/mol. The fourth-order valence-electron chi connectivity index (χ4n) is 2.43. The molecule has 0 spiro atoms. The van der Waals surface area contributed by atoms with Gasteiger partial charge in [-0.25, -0.2) is 0 Å². The molecule has 3 nitrogen and oxygen atoms in total. The average Bonchev–Trinajstić information content (AvgIpc) is 2.52. The molecule has 1 unspecified atom stereocenters. The first-order valence-electron chi connectivity index (χ1n) is 6.82. The van der Waals surface area contributed by atoms with Crippen molar-refractivity contribution in [2.75, 3.05) is 0 Å². The number of aromatic nitrogens is 1. The molecule has 0 radical (unpaired) electrons. The summed E-state index contributed by atoms with van der Waals surface area (Å²) < 4.78 is 1.21. The van der Waals surface area contributed by atoms with Crippen molar-refractivity contribution >= 4 is 33.5 Å². The molecule has 1 aromatic heterocycles. The lowest BCUT2D eigenvalue weighted by atomic mass is 10.0. The van der Waals surface area contributed by atoms with Crippen LogP contribution in [0.1, 0.15) is 17.3 Å². The van der Waals surface area contributed by atoms with Crippen LogP contribution in [0.4, 0.5) is 0 Å². The molecule has 0 fully saturated rings. The minimum atomic E-state index is 0.0633. The lowest BCUT2D eigenvalue weighted by molar-refractivity contribution is 0.546. The summed E-state index contributed by atoms with van der Waals surface area (Å²) in [6, 6.07) is 20.8. The van der Waals surface area contributed by atoms with Crippen LogP contribution in [-0.2, 0) is 6.42 Å². The summed E-state index contributed by atoms with van der Waals surface area (Å²) in [6.07, 6.45) is 0.765. The van der Waals surface area contributed by atoms with E-state index in [2.05, 4.69) is 70.5 Å². The number of rotatable bonds is 4. The molecule has 4 heteroatoms. The van der Waals surface area contributed by atoms with Crippen LogP contribution in [0.3, 0.4) is 0 Å². The van der Waals surface area contributed by atoms with Gasteiger partial charge >= 0.3 is 0 Å². The Hall–Kier alpha value is -1.50. The third-order valence-electron chi connectivity index (χ3n) is 3.52. The predicted octanol–water partition coefficient (Wildman–Crippen LogP) is 3.59. The van der Waals surface area contributed by atoms with Crippen molar-refractivity contribution in [1.82, 2.24) is 10.4 Å². The van der Waals surface area contributed by atoms with Gasteiger partial charge in [-0.2, -0.15) is 0 Å². The Morgan fingerprint density at radius 2 is 1.90 bits per heavy atom. The molecule has 3 aromatic rings. The summed E-state index contributed by atoms with van der Waals surface area (Å²) in [5, 5.41) is 1.16. The van der Waals surface area contributed by atoms with E-state index in [4.69, 9.17) is 10.8 Å². The molecule has 1 atom stereocenters. The van der Waals surface area contributed by atoms with Gasteiger partial charge in [-0.3, -0.25) is 16.3 Å². The number of hydrogen-bond acceptors (Lipinski definition) is 3. The number of pyridine rings is 1. The van der Waals surface area contributed by atoms with E-state index >= 15 is 0 Å². The number of nitrogens with two attached hydrogens (primary N) is 1. The Morgan fingerprint density at radius 3 is 2.71 bits per heavy atom. The SMILES string of the molecule is NNC(Cc1ccc2ccccc2n1)c1cccc(I)c1. The third kappa shape index (κ3) is 3.40. The second kappa shape index (κ2) is 6.51. The molecule has 2 aromatic carbocycles. The third-order valence-corrected chi connectivity index (χ3v) is 4.19. The maximum atomic E-state index is 5.74. The summed E-state index contributed by atoms with van der Waals surface area (Å²) in [6.45, 7) is 0. The molecule has 3 N–H and O–H groups in total. The van der Waals surface area contributed by atoms with Gasteiger partial charge in [-0.15, -0.1) is 0 Å². The van der Waals surface area contributed by atoms with Crippen molar-refractivity contribution in [3.63, 3.8) is 0 Å². The van der Waals surface area contributed by atoms with Crippen LogP contribution in [0.2, 0.25) is 0 Å². The quantitative estimate of drug-likeness (QED) is 0.408. The van der Waals surface area contributed by atoms with E-state index < -0.39 is 0 Å². The fourth-order valence-corrected chi connectivity index (χ4v) is 2.99. The highest BCUT2D eigenvalue weighted by atomic mass is 127. The number of hydrazine groups is 1. The molecule has 0 aliphatic rings. The Bertz CT molecular complexity index is 758. The topological polar surface area (TPSA) is 50.9 Å². The highest BCUT2D eigenvalue weighted by Crippen LogP contribution is 2.20. The molecule has 21 heavy (non-hydrogen) atoms. The number of hydrogen-bond donors (Lipinski definition) is 2. The van der Waals surface area contributed by atoms with Crippen molar-refractivity contribution in [3.05, 3.63) is 75.5 Å². The summed E-state index contributed by atoms with van der Waals surface area (Å²) >= 11 is 2.31. The minimum Gasteiger partial charge on any atom is -0.271 e. The molecule has 1 heterocycles. The van der Waals surface area contributed by atoms with Gasteiger partial charge in [-0.1, -0.05) is 36.4 Å². The molecular formula is C17H16IN3. The van der Waals surface area contributed by atoms with E-state index in [1.54, 1.807) is 0 Å². The van der Waals surface area contributed by atoms with Crippen molar-refractivity contribution in [2.24, 2.45) is 5.84 Å². The molecule has 0 saturated heterocycles. The first kappa shape index (κ1) is 14.4. The average molecular weight is 389 g/mol. The van der Waals surface area contributed by atoms with Crippen LogP contribution >= 0.6 is 22.6 Å².